The average molecular weight is 380 g/mol. The third kappa shape index (κ3) is 3.24. The molecule has 2 aromatic carbocycles. The molecule has 3 N–H and O–H groups in total. The molecule has 0 saturated carbocycles. The second kappa shape index (κ2) is 6.88. The molecule has 144 valence electrons. The van der Waals surface area contributed by atoms with Crippen molar-refractivity contribution in [1.29, 1.82) is 0 Å². The van der Waals surface area contributed by atoms with Crippen LogP contribution in [-0.4, -0.2) is 34.7 Å². The van der Waals surface area contributed by atoms with Gasteiger partial charge in [-0.3, -0.25) is 4.79 Å². The molecular weight excluding hydrogens is 360 g/mol. The minimum atomic E-state index is -0.174. The number of aromatic nitrogens is 2. The number of nitrogens with zero attached hydrogens (tertiary/aromatic N) is 2. The van der Waals surface area contributed by atoms with Crippen LogP contribution >= 0.6 is 0 Å². The van der Waals surface area contributed by atoms with E-state index in [2.05, 4.69) is 20.6 Å². The van der Waals surface area contributed by atoms with Gasteiger partial charge in [-0.05, 0) is 37.6 Å². The van der Waals surface area contributed by atoms with Crippen LogP contribution in [0, 0.1) is 6.92 Å². The Bertz CT molecular complexity index is 1080. The van der Waals surface area contributed by atoms with E-state index in [1.807, 2.05) is 25.1 Å². The second-order valence-electron chi connectivity index (χ2n) is 6.62. The number of hydrogen-bond acceptors (Lipinski definition) is 7. The number of phenolic OH excluding ortho intramolecular Hbond substituents is 1. The van der Waals surface area contributed by atoms with Crippen molar-refractivity contribution in [2.75, 3.05) is 24.4 Å². The average Bonchev–Trinajstić information content (AvgIpc) is 2.67. The minimum absolute atomic E-state index is 0.0202. The summed E-state index contributed by atoms with van der Waals surface area (Å²) in [6.07, 6.45) is 0. The number of methoxy groups -OCH3 is 1. The van der Waals surface area contributed by atoms with Crippen LogP contribution < -0.4 is 20.1 Å². The highest BCUT2D eigenvalue weighted by Crippen LogP contribution is 2.35. The maximum Gasteiger partial charge on any atom is 0.262 e. The Kier molecular flexibility index (Phi) is 4.38. The van der Waals surface area contributed by atoms with Crippen LogP contribution in [0.5, 0.6) is 17.2 Å². The van der Waals surface area contributed by atoms with Crippen molar-refractivity contribution in [2.45, 2.75) is 19.9 Å². The van der Waals surface area contributed by atoms with Gasteiger partial charge < -0.3 is 25.2 Å². The summed E-state index contributed by atoms with van der Waals surface area (Å²) in [6, 6.07) is 8.80. The Morgan fingerprint density at radius 1 is 1.29 bits per heavy atom. The Morgan fingerprint density at radius 3 is 2.89 bits per heavy atom. The highest BCUT2D eigenvalue weighted by atomic mass is 16.5. The SMILES string of the molecule is COc1cc2nc(C)nc(NC(C)c3ccc4c(c3)NC(=O)CO4)c2cc1O. The summed E-state index contributed by atoms with van der Waals surface area (Å²) < 4.78 is 10.6. The minimum Gasteiger partial charge on any atom is -0.504 e. The number of aryl methyl sites for hydroxylation is 1. The fourth-order valence-electron chi connectivity index (χ4n) is 3.19. The highest BCUT2D eigenvalue weighted by molar-refractivity contribution is 5.95. The fraction of sp³-hybridized carbons (Fsp3) is 0.250. The van der Waals surface area contributed by atoms with E-state index >= 15 is 0 Å². The van der Waals surface area contributed by atoms with Gasteiger partial charge in [-0.2, -0.15) is 0 Å². The van der Waals surface area contributed by atoms with E-state index in [1.54, 1.807) is 19.1 Å². The molecule has 28 heavy (non-hydrogen) atoms. The third-order valence-electron chi connectivity index (χ3n) is 4.60. The molecule has 1 aromatic heterocycles. The second-order valence-corrected chi connectivity index (χ2v) is 6.62. The Hall–Kier alpha value is -3.55. The zero-order valence-corrected chi connectivity index (χ0v) is 15.7. The summed E-state index contributed by atoms with van der Waals surface area (Å²) in [5, 5.41) is 17.0. The molecule has 2 heterocycles. The first kappa shape index (κ1) is 17.8. The third-order valence-corrected chi connectivity index (χ3v) is 4.60. The van der Waals surface area contributed by atoms with Crippen molar-refractivity contribution in [1.82, 2.24) is 9.97 Å². The van der Waals surface area contributed by atoms with Gasteiger partial charge in [0.1, 0.15) is 17.4 Å². The molecule has 1 amide bonds. The first-order valence-electron chi connectivity index (χ1n) is 8.83. The Morgan fingerprint density at radius 2 is 2.11 bits per heavy atom. The lowest BCUT2D eigenvalue weighted by atomic mass is 10.1. The quantitative estimate of drug-likeness (QED) is 0.638. The molecule has 1 aliphatic heterocycles. The topological polar surface area (TPSA) is 106 Å². The molecule has 0 bridgehead atoms. The van der Waals surface area contributed by atoms with Crippen LogP contribution in [0.4, 0.5) is 11.5 Å². The molecule has 0 fully saturated rings. The number of aromatic hydroxyl groups is 1. The number of amides is 1. The molecule has 0 radical (unpaired) electrons. The lowest BCUT2D eigenvalue weighted by Crippen LogP contribution is -2.25. The number of hydrogen-bond donors (Lipinski definition) is 3. The Balaban J connectivity index is 1.69. The van der Waals surface area contributed by atoms with E-state index in [0.29, 0.717) is 39.7 Å². The van der Waals surface area contributed by atoms with Crippen molar-refractivity contribution in [3.05, 3.63) is 41.7 Å². The zero-order chi connectivity index (χ0) is 19.8. The molecule has 1 atom stereocenters. The first-order valence-corrected chi connectivity index (χ1v) is 8.83. The number of rotatable bonds is 4. The van der Waals surface area contributed by atoms with E-state index in [9.17, 15) is 9.90 Å². The molecule has 8 nitrogen and oxygen atoms in total. The zero-order valence-electron chi connectivity index (χ0n) is 15.7. The molecule has 1 unspecified atom stereocenters. The smallest absolute Gasteiger partial charge is 0.262 e. The predicted molar refractivity (Wildman–Crippen MR) is 105 cm³/mol. The van der Waals surface area contributed by atoms with Crippen molar-refractivity contribution < 1.29 is 19.4 Å². The van der Waals surface area contributed by atoms with E-state index in [-0.39, 0.29) is 24.3 Å². The van der Waals surface area contributed by atoms with E-state index < -0.39 is 0 Å². The summed E-state index contributed by atoms with van der Waals surface area (Å²) in [7, 11) is 1.49. The molecule has 0 aliphatic carbocycles. The van der Waals surface area contributed by atoms with Crippen LogP contribution in [0.25, 0.3) is 10.9 Å². The number of phenols is 1. The summed E-state index contributed by atoms with van der Waals surface area (Å²) in [6.45, 7) is 3.82. The summed E-state index contributed by atoms with van der Waals surface area (Å²) >= 11 is 0. The highest BCUT2D eigenvalue weighted by Gasteiger charge is 2.18. The lowest BCUT2D eigenvalue weighted by molar-refractivity contribution is -0.118. The number of carbonyl (C=O) groups is 1. The first-order chi connectivity index (χ1) is 13.4. The standard InChI is InChI=1S/C20H20N4O4/c1-10(12-4-5-17-15(6-12)24-19(26)9-28-17)21-20-13-7-16(25)18(27-3)8-14(13)22-11(2)23-20/h4-8,10,25H,9H2,1-3H3,(H,24,26)(H,21,22,23). The molecular formula is C20H20N4O4. The lowest BCUT2D eigenvalue weighted by Gasteiger charge is -2.21. The maximum absolute atomic E-state index is 11.6. The molecule has 1 aliphatic rings. The van der Waals surface area contributed by atoms with Crippen molar-refractivity contribution in [2.24, 2.45) is 0 Å². The van der Waals surface area contributed by atoms with E-state index in [4.69, 9.17) is 9.47 Å². The molecule has 0 saturated heterocycles. The molecule has 3 aromatic rings. The number of fused-ring (bicyclic) bond motifs is 2. The predicted octanol–water partition coefficient (Wildman–Crippen LogP) is 3.16. The van der Waals surface area contributed by atoms with Gasteiger partial charge in [-0.25, -0.2) is 9.97 Å². The maximum atomic E-state index is 11.6. The van der Waals surface area contributed by atoms with Gasteiger partial charge >= 0.3 is 0 Å². The van der Waals surface area contributed by atoms with Crippen molar-refractivity contribution in [3.8, 4) is 17.2 Å². The van der Waals surface area contributed by atoms with Crippen LogP contribution in [0.15, 0.2) is 30.3 Å². The Labute approximate surface area is 161 Å². The van der Waals surface area contributed by atoms with Gasteiger partial charge in [0.15, 0.2) is 18.1 Å². The van der Waals surface area contributed by atoms with Crippen LogP contribution in [-0.2, 0) is 4.79 Å². The molecule has 8 heteroatoms. The number of anilines is 2. The summed E-state index contributed by atoms with van der Waals surface area (Å²) in [5.74, 6) is 2.05. The van der Waals surface area contributed by atoms with Crippen molar-refractivity contribution >= 4 is 28.3 Å². The molecule has 4 rings (SSSR count). The number of benzene rings is 2. The normalized spacial score (nSPS) is 14.0. The van der Waals surface area contributed by atoms with Gasteiger partial charge in [-0.15, -0.1) is 0 Å². The summed E-state index contributed by atoms with van der Waals surface area (Å²) in [5.41, 5.74) is 2.27. The van der Waals surface area contributed by atoms with Crippen LogP contribution in [0.3, 0.4) is 0 Å². The number of carbonyl (C=O) groups excluding carboxylic acids is 1. The van der Waals surface area contributed by atoms with Crippen LogP contribution in [0.2, 0.25) is 0 Å². The molecule has 0 spiro atoms. The monoisotopic (exact) mass is 380 g/mol. The van der Waals surface area contributed by atoms with E-state index in [0.717, 1.165) is 5.56 Å². The largest absolute Gasteiger partial charge is 0.504 e. The van der Waals surface area contributed by atoms with E-state index in [1.165, 1.54) is 7.11 Å². The summed E-state index contributed by atoms with van der Waals surface area (Å²) in [4.78, 5) is 20.5. The van der Waals surface area contributed by atoms with Crippen LogP contribution in [0.1, 0.15) is 24.4 Å². The van der Waals surface area contributed by atoms with Gasteiger partial charge in [-0.1, -0.05) is 6.07 Å². The van der Waals surface area contributed by atoms with Gasteiger partial charge in [0.05, 0.1) is 24.4 Å². The van der Waals surface area contributed by atoms with Gasteiger partial charge in [0.2, 0.25) is 0 Å². The van der Waals surface area contributed by atoms with Gasteiger partial charge in [0.25, 0.3) is 5.91 Å². The number of nitrogens with one attached hydrogen (secondary N) is 2. The number of ether oxygens (including phenoxy) is 2. The van der Waals surface area contributed by atoms with Gasteiger partial charge in [0, 0.05) is 11.5 Å². The van der Waals surface area contributed by atoms with Crippen molar-refractivity contribution in [3.63, 3.8) is 0 Å². The fourth-order valence-corrected chi connectivity index (χ4v) is 3.19.